The smallest absolute Gasteiger partial charge is 0.0793 e. The van der Waals surface area contributed by atoms with Gasteiger partial charge in [0.15, 0.2) is 0 Å². The van der Waals surface area contributed by atoms with Crippen LogP contribution in [0.1, 0.15) is 46.0 Å². The average molecular weight is 361 g/mol. The zero-order valence-corrected chi connectivity index (χ0v) is 15.6. The third-order valence-corrected chi connectivity index (χ3v) is 4.61. The number of hydrogen-bond donors (Lipinski definition) is 2. The molecular formula is C15H29BrN4O. The van der Waals surface area contributed by atoms with Gasteiger partial charge >= 0.3 is 0 Å². The van der Waals surface area contributed by atoms with E-state index in [4.69, 9.17) is 10.6 Å². The maximum atomic E-state index is 5.96. The molecule has 1 rings (SSSR count). The maximum Gasteiger partial charge on any atom is 0.0793 e. The number of hydrogen-bond acceptors (Lipinski definition) is 4. The maximum absolute atomic E-state index is 5.96. The molecule has 1 aromatic heterocycles. The lowest BCUT2D eigenvalue weighted by atomic mass is 9.83. The molecule has 0 aliphatic carbocycles. The number of ether oxygens (including phenoxy) is 1. The van der Waals surface area contributed by atoms with Crippen molar-refractivity contribution in [2.45, 2.75) is 59.6 Å². The SMILES string of the molecule is CCOC(C(Cc1c(Br)c(CC)nn1C)NN)C(C)(C)C. The van der Waals surface area contributed by atoms with Crippen molar-refractivity contribution in [3.05, 3.63) is 15.9 Å². The van der Waals surface area contributed by atoms with E-state index in [0.717, 1.165) is 28.7 Å². The topological polar surface area (TPSA) is 65.1 Å². The first-order valence-electron chi connectivity index (χ1n) is 7.54. The minimum atomic E-state index is 0.00566. The van der Waals surface area contributed by atoms with Gasteiger partial charge < -0.3 is 4.74 Å². The molecule has 1 aromatic rings. The van der Waals surface area contributed by atoms with Crippen LogP contribution in [0.2, 0.25) is 0 Å². The molecule has 6 heteroatoms. The summed E-state index contributed by atoms with van der Waals surface area (Å²) in [6, 6.07) is 0.0290. The van der Waals surface area contributed by atoms with Crippen LogP contribution in [0.15, 0.2) is 4.47 Å². The third kappa shape index (κ3) is 4.52. The Morgan fingerprint density at radius 2 is 2.00 bits per heavy atom. The predicted octanol–water partition coefficient (Wildman–Crippen LogP) is 2.57. The van der Waals surface area contributed by atoms with E-state index < -0.39 is 0 Å². The average Bonchev–Trinajstić information content (AvgIpc) is 2.68. The molecule has 0 radical (unpaired) electrons. The van der Waals surface area contributed by atoms with E-state index >= 15 is 0 Å². The summed E-state index contributed by atoms with van der Waals surface area (Å²) in [5, 5.41) is 4.54. The standard InChI is InChI=1S/C15H29BrN4O/c1-7-10-13(16)12(20(6)19-10)9-11(18-17)14(21-8-2)15(3,4)5/h11,14,18H,7-9,17H2,1-6H3. The number of nitrogens with one attached hydrogen (secondary N) is 1. The zero-order chi connectivity index (χ0) is 16.2. The van der Waals surface area contributed by atoms with Crippen LogP contribution < -0.4 is 11.3 Å². The fourth-order valence-corrected chi connectivity index (χ4v) is 3.43. The van der Waals surface area contributed by atoms with E-state index in [1.165, 1.54) is 0 Å². The molecule has 0 aliphatic rings. The van der Waals surface area contributed by atoms with E-state index in [-0.39, 0.29) is 17.6 Å². The van der Waals surface area contributed by atoms with Gasteiger partial charge in [-0.05, 0) is 34.7 Å². The van der Waals surface area contributed by atoms with Crippen molar-refractivity contribution in [2.75, 3.05) is 6.61 Å². The van der Waals surface area contributed by atoms with E-state index in [9.17, 15) is 0 Å². The van der Waals surface area contributed by atoms with Gasteiger partial charge in [0.25, 0.3) is 0 Å². The Balaban J connectivity index is 3.03. The summed E-state index contributed by atoms with van der Waals surface area (Å²) < 4.78 is 8.97. The van der Waals surface area contributed by atoms with Gasteiger partial charge in [0, 0.05) is 20.1 Å². The Bertz CT molecular complexity index is 453. The second-order valence-electron chi connectivity index (χ2n) is 6.40. The Kier molecular flexibility index (Phi) is 6.84. The molecule has 21 heavy (non-hydrogen) atoms. The van der Waals surface area contributed by atoms with E-state index in [1.807, 2.05) is 18.7 Å². The molecule has 0 bridgehead atoms. The number of rotatable bonds is 7. The molecule has 0 saturated carbocycles. The summed E-state index contributed by atoms with van der Waals surface area (Å²) in [6.07, 6.45) is 1.70. The van der Waals surface area contributed by atoms with Crippen LogP contribution in [-0.4, -0.2) is 28.5 Å². The van der Waals surface area contributed by atoms with Crippen LogP contribution in [0.5, 0.6) is 0 Å². The highest BCUT2D eigenvalue weighted by Gasteiger charge is 2.33. The number of halogens is 1. The van der Waals surface area contributed by atoms with Crippen molar-refractivity contribution in [2.24, 2.45) is 18.3 Å². The summed E-state index contributed by atoms with van der Waals surface area (Å²) in [6.45, 7) is 11.3. The fraction of sp³-hybridized carbons (Fsp3) is 0.800. The highest BCUT2D eigenvalue weighted by molar-refractivity contribution is 9.10. The monoisotopic (exact) mass is 360 g/mol. The van der Waals surface area contributed by atoms with Gasteiger partial charge in [0.2, 0.25) is 0 Å². The molecule has 2 atom stereocenters. The Hall–Kier alpha value is -0.430. The Morgan fingerprint density at radius 1 is 1.38 bits per heavy atom. The van der Waals surface area contributed by atoms with Gasteiger partial charge in [-0.1, -0.05) is 27.7 Å². The highest BCUT2D eigenvalue weighted by Crippen LogP contribution is 2.29. The van der Waals surface area contributed by atoms with Gasteiger partial charge in [-0.3, -0.25) is 16.0 Å². The molecule has 0 spiro atoms. The summed E-state index contributed by atoms with van der Waals surface area (Å²) in [5.41, 5.74) is 5.16. The summed E-state index contributed by atoms with van der Waals surface area (Å²) in [4.78, 5) is 0. The number of nitrogens with two attached hydrogens (primary N) is 1. The van der Waals surface area contributed by atoms with E-state index in [0.29, 0.717) is 6.61 Å². The second kappa shape index (κ2) is 7.72. The molecule has 0 aliphatic heterocycles. The first kappa shape index (κ1) is 18.6. The molecule has 0 amide bonds. The van der Waals surface area contributed by atoms with Gasteiger partial charge in [0.1, 0.15) is 0 Å². The van der Waals surface area contributed by atoms with Crippen LogP contribution in [-0.2, 0) is 24.6 Å². The normalized spacial score (nSPS) is 15.2. The minimum Gasteiger partial charge on any atom is -0.376 e. The molecular weight excluding hydrogens is 332 g/mol. The van der Waals surface area contributed by atoms with E-state index in [2.05, 4.69) is 54.1 Å². The lowest BCUT2D eigenvalue weighted by molar-refractivity contribution is -0.0359. The number of aromatic nitrogens is 2. The first-order chi connectivity index (χ1) is 9.76. The first-order valence-corrected chi connectivity index (χ1v) is 8.33. The van der Waals surface area contributed by atoms with Crippen molar-refractivity contribution >= 4 is 15.9 Å². The van der Waals surface area contributed by atoms with Gasteiger partial charge in [-0.2, -0.15) is 5.10 Å². The van der Waals surface area contributed by atoms with Crippen molar-refractivity contribution in [3.63, 3.8) is 0 Å². The third-order valence-electron chi connectivity index (χ3n) is 3.70. The Morgan fingerprint density at radius 3 is 2.38 bits per heavy atom. The van der Waals surface area contributed by atoms with Crippen LogP contribution >= 0.6 is 15.9 Å². The van der Waals surface area contributed by atoms with E-state index in [1.54, 1.807) is 0 Å². The van der Waals surface area contributed by atoms with Crippen molar-refractivity contribution in [3.8, 4) is 0 Å². The van der Waals surface area contributed by atoms with Crippen molar-refractivity contribution < 1.29 is 4.74 Å². The highest BCUT2D eigenvalue weighted by atomic mass is 79.9. The van der Waals surface area contributed by atoms with Crippen LogP contribution in [0.4, 0.5) is 0 Å². The second-order valence-corrected chi connectivity index (χ2v) is 7.20. The molecule has 0 saturated heterocycles. The van der Waals surface area contributed by atoms with Gasteiger partial charge in [-0.25, -0.2) is 0 Å². The fourth-order valence-electron chi connectivity index (χ4n) is 2.65. The molecule has 0 fully saturated rings. The minimum absolute atomic E-state index is 0.00566. The molecule has 2 unspecified atom stereocenters. The zero-order valence-electron chi connectivity index (χ0n) is 14.0. The molecule has 0 aromatic carbocycles. The summed E-state index contributed by atoms with van der Waals surface area (Å²) in [5.74, 6) is 5.81. The van der Waals surface area contributed by atoms with Crippen LogP contribution in [0.25, 0.3) is 0 Å². The molecule has 122 valence electrons. The number of nitrogens with zero attached hydrogens (tertiary/aromatic N) is 2. The summed E-state index contributed by atoms with van der Waals surface area (Å²) in [7, 11) is 1.97. The van der Waals surface area contributed by atoms with Crippen LogP contribution in [0, 0.1) is 5.41 Å². The number of aryl methyl sites for hydroxylation is 2. The van der Waals surface area contributed by atoms with Gasteiger partial charge in [0.05, 0.1) is 28.0 Å². The predicted molar refractivity (Wildman–Crippen MR) is 90.0 cm³/mol. The molecule has 3 N–H and O–H groups in total. The largest absolute Gasteiger partial charge is 0.376 e. The lowest BCUT2D eigenvalue weighted by Gasteiger charge is -2.36. The van der Waals surface area contributed by atoms with Crippen molar-refractivity contribution in [1.82, 2.24) is 15.2 Å². The Labute approximate surface area is 136 Å². The quantitative estimate of drug-likeness (QED) is 0.579. The molecule has 1 heterocycles. The number of hydrazine groups is 1. The lowest BCUT2D eigenvalue weighted by Crippen LogP contribution is -2.52. The van der Waals surface area contributed by atoms with Crippen LogP contribution in [0.3, 0.4) is 0 Å². The summed E-state index contributed by atoms with van der Waals surface area (Å²) >= 11 is 3.67. The van der Waals surface area contributed by atoms with Crippen molar-refractivity contribution in [1.29, 1.82) is 0 Å². The van der Waals surface area contributed by atoms with Gasteiger partial charge in [-0.15, -0.1) is 0 Å². The molecule has 5 nitrogen and oxygen atoms in total.